The average molecular weight is 225 g/mol. The Labute approximate surface area is 95.5 Å². The standard InChI is InChI=1S/C10H19N5O/c1-7-5-8(13-9(12-7)14-11)15(4)10(2,3)6-16/h5,16H,6,11H2,1-4H3,(H,12,13,14). The molecule has 6 nitrogen and oxygen atoms in total. The fraction of sp³-hybridized carbons (Fsp3) is 0.600. The Bertz CT molecular complexity index is 366. The summed E-state index contributed by atoms with van der Waals surface area (Å²) in [5.41, 5.74) is 2.86. The first kappa shape index (κ1) is 12.7. The lowest BCUT2D eigenvalue weighted by Gasteiger charge is -2.35. The Morgan fingerprint density at radius 3 is 2.62 bits per heavy atom. The second-order valence-electron chi connectivity index (χ2n) is 4.37. The number of nitrogen functional groups attached to an aromatic ring is 1. The van der Waals surface area contributed by atoms with Crippen molar-refractivity contribution >= 4 is 11.8 Å². The molecular weight excluding hydrogens is 206 g/mol. The van der Waals surface area contributed by atoms with Crippen LogP contribution in [0.15, 0.2) is 6.07 Å². The maximum absolute atomic E-state index is 9.30. The molecule has 1 heterocycles. The molecule has 0 bridgehead atoms. The van der Waals surface area contributed by atoms with Crippen LogP contribution in [0.4, 0.5) is 11.8 Å². The van der Waals surface area contributed by atoms with E-state index < -0.39 is 0 Å². The normalized spacial score (nSPS) is 11.4. The van der Waals surface area contributed by atoms with Gasteiger partial charge in [0.15, 0.2) is 0 Å². The van der Waals surface area contributed by atoms with Crippen LogP contribution >= 0.6 is 0 Å². The number of aryl methyl sites for hydroxylation is 1. The summed E-state index contributed by atoms with van der Waals surface area (Å²) >= 11 is 0. The van der Waals surface area contributed by atoms with E-state index in [0.717, 1.165) is 11.5 Å². The molecule has 0 spiro atoms. The van der Waals surface area contributed by atoms with Gasteiger partial charge >= 0.3 is 0 Å². The van der Waals surface area contributed by atoms with E-state index in [1.165, 1.54) is 0 Å². The zero-order valence-electron chi connectivity index (χ0n) is 10.2. The first-order valence-electron chi connectivity index (χ1n) is 5.07. The van der Waals surface area contributed by atoms with E-state index in [1.807, 2.05) is 38.8 Å². The number of likely N-dealkylation sites (N-methyl/N-ethyl adjacent to an activating group) is 1. The molecule has 1 aromatic rings. The van der Waals surface area contributed by atoms with Crippen LogP contribution in [0.5, 0.6) is 0 Å². The fourth-order valence-electron chi connectivity index (χ4n) is 1.20. The Kier molecular flexibility index (Phi) is 3.66. The highest BCUT2D eigenvalue weighted by Crippen LogP contribution is 2.21. The number of nitrogens with one attached hydrogen (secondary N) is 1. The fourth-order valence-corrected chi connectivity index (χ4v) is 1.20. The molecule has 0 aliphatic carbocycles. The van der Waals surface area contributed by atoms with E-state index in [1.54, 1.807) is 0 Å². The number of nitrogens with two attached hydrogens (primary N) is 1. The van der Waals surface area contributed by atoms with Gasteiger partial charge in [-0.05, 0) is 20.8 Å². The topological polar surface area (TPSA) is 87.3 Å². The molecule has 0 fully saturated rings. The first-order valence-corrected chi connectivity index (χ1v) is 5.07. The zero-order chi connectivity index (χ0) is 12.3. The third-order valence-electron chi connectivity index (χ3n) is 2.61. The van der Waals surface area contributed by atoms with Crippen LogP contribution in [0.1, 0.15) is 19.5 Å². The minimum absolute atomic E-state index is 0.0396. The summed E-state index contributed by atoms with van der Waals surface area (Å²) in [6, 6.07) is 1.85. The van der Waals surface area contributed by atoms with Crippen molar-refractivity contribution in [1.82, 2.24) is 9.97 Å². The van der Waals surface area contributed by atoms with Crippen LogP contribution in [-0.4, -0.2) is 34.3 Å². The third-order valence-corrected chi connectivity index (χ3v) is 2.61. The number of hydrazine groups is 1. The van der Waals surface area contributed by atoms with Crippen LogP contribution in [0, 0.1) is 6.92 Å². The second-order valence-corrected chi connectivity index (χ2v) is 4.37. The lowest BCUT2D eigenvalue weighted by molar-refractivity contribution is 0.215. The van der Waals surface area contributed by atoms with E-state index in [0.29, 0.717) is 5.95 Å². The van der Waals surface area contributed by atoms with Crippen molar-refractivity contribution < 1.29 is 5.11 Å². The molecule has 0 amide bonds. The number of rotatable bonds is 4. The first-order chi connectivity index (χ1) is 7.40. The summed E-state index contributed by atoms with van der Waals surface area (Å²) in [5, 5.41) is 9.30. The van der Waals surface area contributed by atoms with Gasteiger partial charge in [-0.3, -0.25) is 5.43 Å². The Balaban J connectivity index is 3.08. The summed E-state index contributed by atoms with van der Waals surface area (Å²) in [5.74, 6) is 6.38. The van der Waals surface area contributed by atoms with E-state index >= 15 is 0 Å². The van der Waals surface area contributed by atoms with Gasteiger partial charge in [-0.25, -0.2) is 10.8 Å². The Hall–Kier alpha value is -1.40. The van der Waals surface area contributed by atoms with Crippen molar-refractivity contribution in [1.29, 1.82) is 0 Å². The molecule has 0 atom stereocenters. The predicted molar refractivity (Wildman–Crippen MR) is 64.1 cm³/mol. The monoisotopic (exact) mass is 225 g/mol. The van der Waals surface area contributed by atoms with E-state index in [-0.39, 0.29) is 12.1 Å². The van der Waals surface area contributed by atoms with Crippen molar-refractivity contribution in [2.45, 2.75) is 26.3 Å². The van der Waals surface area contributed by atoms with Gasteiger partial charge in [0.05, 0.1) is 12.1 Å². The molecule has 0 radical (unpaired) electrons. The van der Waals surface area contributed by atoms with Gasteiger partial charge in [-0.2, -0.15) is 4.98 Å². The second kappa shape index (κ2) is 4.63. The molecule has 90 valence electrons. The molecular formula is C10H19N5O. The summed E-state index contributed by atoms with van der Waals surface area (Å²) < 4.78 is 0. The van der Waals surface area contributed by atoms with Gasteiger partial charge in [0.25, 0.3) is 0 Å². The van der Waals surface area contributed by atoms with E-state index in [4.69, 9.17) is 5.84 Å². The maximum Gasteiger partial charge on any atom is 0.239 e. The summed E-state index contributed by atoms with van der Waals surface area (Å²) in [6.07, 6.45) is 0. The molecule has 6 heteroatoms. The van der Waals surface area contributed by atoms with Crippen molar-refractivity contribution in [3.8, 4) is 0 Å². The molecule has 0 saturated heterocycles. The minimum Gasteiger partial charge on any atom is -0.394 e. The van der Waals surface area contributed by atoms with Crippen molar-refractivity contribution in [2.75, 3.05) is 24.0 Å². The molecule has 0 aliphatic rings. The van der Waals surface area contributed by atoms with Crippen molar-refractivity contribution in [2.24, 2.45) is 5.84 Å². The number of hydrogen-bond donors (Lipinski definition) is 3. The maximum atomic E-state index is 9.30. The van der Waals surface area contributed by atoms with Crippen molar-refractivity contribution in [3.63, 3.8) is 0 Å². The van der Waals surface area contributed by atoms with Gasteiger partial charge in [0.2, 0.25) is 5.95 Å². The van der Waals surface area contributed by atoms with Crippen LogP contribution in [0.25, 0.3) is 0 Å². The van der Waals surface area contributed by atoms with E-state index in [2.05, 4.69) is 15.4 Å². The van der Waals surface area contributed by atoms with Crippen LogP contribution in [0.2, 0.25) is 0 Å². The number of nitrogens with zero attached hydrogens (tertiary/aromatic N) is 3. The average Bonchev–Trinajstić information content (AvgIpc) is 2.27. The number of aromatic nitrogens is 2. The Morgan fingerprint density at radius 2 is 2.12 bits per heavy atom. The van der Waals surface area contributed by atoms with E-state index in [9.17, 15) is 5.11 Å². The lowest BCUT2D eigenvalue weighted by atomic mass is 10.1. The number of aliphatic hydroxyl groups is 1. The molecule has 1 rings (SSSR count). The molecule has 1 aromatic heterocycles. The van der Waals surface area contributed by atoms with Gasteiger partial charge in [-0.15, -0.1) is 0 Å². The minimum atomic E-state index is -0.382. The molecule has 0 unspecified atom stereocenters. The van der Waals surface area contributed by atoms with Gasteiger partial charge in [-0.1, -0.05) is 0 Å². The van der Waals surface area contributed by atoms with Crippen LogP contribution in [-0.2, 0) is 0 Å². The van der Waals surface area contributed by atoms with Gasteiger partial charge < -0.3 is 10.0 Å². The molecule has 0 aromatic carbocycles. The number of aliphatic hydroxyl groups excluding tert-OH is 1. The smallest absolute Gasteiger partial charge is 0.239 e. The van der Waals surface area contributed by atoms with Crippen molar-refractivity contribution in [3.05, 3.63) is 11.8 Å². The van der Waals surface area contributed by atoms with Gasteiger partial charge in [0.1, 0.15) is 5.82 Å². The number of anilines is 2. The zero-order valence-corrected chi connectivity index (χ0v) is 10.2. The lowest BCUT2D eigenvalue weighted by Crippen LogP contribution is -2.45. The SMILES string of the molecule is Cc1cc(N(C)C(C)(C)CO)nc(NN)n1. The Morgan fingerprint density at radius 1 is 1.50 bits per heavy atom. The summed E-state index contributed by atoms with van der Waals surface area (Å²) in [7, 11) is 1.87. The molecule has 4 N–H and O–H groups in total. The highest BCUT2D eigenvalue weighted by molar-refractivity contribution is 5.45. The van der Waals surface area contributed by atoms with Crippen LogP contribution < -0.4 is 16.2 Å². The summed E-state index contributed by atoms with van der Waals surface area (Å²) in [6.45, 7) is 5.77. The van der Waals surface area contributed by atoms with Gasteiger partial charge in [0, 0.05) is 18.8 Å². The third kappa shape index (κ3) is 2.59. The van der Waals surface area contributed by atoms with Crippen LogP contribution in [0.3, 0.4) is 0 Å². The number of hydrogen-bond acceptors (Lipinski definition) is 6. The summed E-state index contributed by atoms with van der Waals surface area (Å²) in [4.78, 5) is 10.2. The highest BCUT2D eigenvalue weighted by atomic mass is 16.3. The molecule has 0 aliphatic heterocycles. The predicted octanol–water partition coefficient (Wildman–Crippen LogP) is 0.278. The molecule has 0 saturated carbocycles. The highest BCUT2D eigenvalue weighted by Gasteiger charge is 2.24. The largest absolute Gasteiger partial charge is 0.394 e. The molecule has 16 heavy (non-hydrogen) atoms. The quantitative estimate of drug-likeness (QED) is 0.504.